The summed E-state index contributed by atoms with van der Waals surface area (Å²) in [5.41, 5.74) is 0. The molecule has 0 aromatic carbocycles. The zero-order valence-corrected chi connectivity index (χ0v) is 9.56. The Balaban J connectivity index is 2.28. The van der Waals surface area contributed by atoms with E-state index in [9.17, 15) is 0 Å². The molecule has 1 atom stereocenters. The van der Waals surface area contributed by atoms with Gasteiger partial charge in [-0.3, -0.25) is 10.3 Å². The molecule has 1 aliphatic heterocycles. The average Bonchev–Trinajstić information content (AvgIpc) is 2.81. The van der Waals surface area contributed by atoms with Gasteiger partial charge in [-0.2, -0.15) is 0 Å². The second-order valence-corrected chi connectivity index (χ2v) is 3.61. The zero-order chi connectivity index (χ0) is 11.5. The van der Waals surface area contributed by atoms with Gasteiger partial charge in [-0.05, 0) is 12.1 Å². The molecule has 86 valence electrons. The van der Waals surface area contributed by atoms with Crippen molar-refractivity contribution < 1.29 is 4.42 Å². The van der Waals surface area contributed by atoms with Gasteiger partial charge in [0.25, 0.3) is 0 Å². The van der Waals surface area contributed by atoms with Crippen LogP contribution in [0.5, 0.6) is 0 Å². The summed E-state index contributed by atoms with van der Waals surface area (Å²) < 4.78 is 5.32. The van der Waals surface area contributed by atoms with Crippen LogP contribution in [0.3, 0.4) is 0 Å². The van der Waals surface area contributed by atoms with Gasteiger partial charge >= 0.3 is 0 Å². The van der Waals surface area contributed by atoms with E-state index in [4.69, 9.17) is 4.42 Å². The van der Waals surface area contributed by atoms with Crippen molar-refractivity contribution in [2.75, 3.05) is 21.1 Å². The monoisotopic (exact) mass is 221 g/mol. The molecular weight excluding hydrogens is 206 g/mol. The molecule has 16 heavy (non-hydrogen) atoms. The van der Waals surface area contributed by atoms with Crippen LogP contribution < -0.4 is 10.6 Å². The minimum Gasteiger partial charge on any atom is -0.465 e. The van der Waals surface area contributed by atoms with Crippen molar-refractivity contribution in [2.45, 2.75) is 6.17 Å². The Bertz CT molecular complexity index is 407. The molecular formula is C10H15N5O. The Hall–Kier alpha value is -1.98. The fraction of sp³-hybridized carbons (Fsp3) is 0.400. The van der Waals surface area contributed by atoms with Crippen LogP contribution >= 0.6 is 0 Å². The van der Waals surface area contributed by atoms with Crippen LogP contribution in [0.25, 0.3) is 0 Å². The summed E-state index contributed by atoms with van der Waals surface area (Å²) in [6.45, 7) is 0. The third kappa shape index (κ3) is 2.00. The van der Waals surface area contributed by atoms with E-state index in [1.165, 1.54) is 0 Å². The van der Waals surface area contributed by atoms with E-state index >= 15 is 0 Å². The van der Waals surface area contributed by atoms with Crippen molar-refractivity contribution in [1.82, 2.24) is 15.5 Å². The van der Waals surface area contributed by atoms with Crippen molar-refractivity contribution >= 4 is 11.9 Å². The van der Waals surface area contributed by atoms with E-state index in [-0.39, 0.29) is 6.17 Å². The molecule has 0 amide bonds. The van der Waals surface area contributed by atoms with Crippen molar-refractivity contribution in [1.29, 1.82) is 0 Å². The summed E-state index contributed by atoms with van der Waals surface area (Å²) in [4.78, 5) is 10.4. The van der Waals surface area contributed by atoms with Crippen molar-refractivity contribution in [3.63, 3.8) is 0 Å². The lowest BCUT2D eigenvalue weighted by Crippen LogP contribution is -2.51. The molecule has 1 aromatic rings. The maximum atomic E-state index is 5.32. The van der Waals surface area contributed by atoms with E-state index in [0.29, 0.717) is 5.96 Å². The van der Waals surface area contributed by atoms with Crippen molar-refractivity contribution in [2.24, 2.45) is 9.98 Å². The molecule has 2 heterocycles. The summed E-state index contributed by atoms with van der Waals surface area (Å²) in [6.07, 6.45) is 1.40. The lowest BCUT2D eigenvalue weighted by Gasteiger charge is -2.27. The second kappa shape index (κ2) is 4.26. The Morgan fingerprint density at radius 3 is 2.88 bits per heavy atom. The predicted molar refractivity (Wildman–Crippen MR) is 62.2 cm³/mol. The zero-order valence-electron chi connectivity index (χ0n) is 9.56. The van der Waals surface area contributed by atoms with E-state index in [1.807, 2.05) is 31.1 Å². The fourth-order valence-corrected chi connectivity index (χ4v) is 1.39. The minimum absolute atomic E-state index is 0.229. The fourth-order valence-electron chi connectivity index (χ4n) is 1.39. The van der Waals surface area contributed by atoms with Gasteiger partial charge in [-0.15, -0.1) is 0 Å². The minimum atomic E-state index is -0.229. The molecule has 0 saturated carbocycles. The van der Waals surface area contributed by atoms with Gasteiger partial charge in [0.15, 0.2) is 12.1 Å². The number of rotatable bonds is 1. The van der Waals surface area contributed by atoms with Crippen LogP contribution in [0.2, 0.25) is 0 Å². The van der Waals surface area contributed by atoms with Crippen LogP contribution in [0.15, 0.2) is 32.8 Å². The van der Waals surface area contributed by atoms with E-state index in [2.05, 4.69) is 20.6 Å². The highest BCUT2D eigenvalue weighted by Crippen LogP contribution is 2.16. The van der Waals surface area contributed by atoms with Crippen LogP contribution in [0.1, 0.15) is 11.9 Å². The lowest BCUT2D eigenvalue weighted by atomic mass is 10.3. The molecule has 1 aliphatic rings. The maximum absolute atomic E-state index is 5.32. The second-order valence-electron chi connectivity index (χ2n) is 3.61. The Labute approximate surface area is 94.1 Å². The van der Waals surface area contributed by atoms with E-state index < -0.39 is 0 Å². The van der Waals surface area contributed by atoms with Crippen LogP contribution in [-0.2, 0) is 0 Å². The van der Waals surface area contributed by atoms with Gasteiger partial charge in [-0.25, -0.2) is 4.99 Å². The van der Waals surface area contributed by atoms with Crippen molar-refractivity contribution in [3.05, 3.63) is 24.2 Å². The molecule has 0 aliphatic carbocycles. The number of hydrogen-bond acceptors (Lipinski definition) is 4. The summed E-state index contributed by atoms with van der Waals surface area (Å²) >= 11 is 0. The van der Waals surface area contributed by atoms with Crippen LogP contribution in [-0.4, -0.2) is 38.0 Å². The van der Waals surface area contributed by atoms with Gasteiger partial charge in [0, 0.05) is 21.1 Å². The normalized spacial score (nSPS) is 22.3. The first-order valence-electron chi connectivity index (χ1n) is 4.99. The van der Waals surface area contributed by atoms with E-state index in [1.54, 1.807) is 13.3 Å². The lowest BCUT2D eigenvalue weighted by molar-refractivity contribution is 0.440. The molecule has 1 aromatic heterocycles. The molecule has 6 nitrogen and oxygen atoms in total. The smallest absolute Gasteiger partial charge is 0.202 e. The van der Waals surface area contributed by atoms with Gasteiger partial charge in [0.05, 0.1) is 6.26 Å². The molecule has 0 spiro atoms. The molecule has 6 heteroatoms. The average molecular weight is 221 g/mol. The molecule has 0 fully saturated rings. The molecule has 2 rings (SSSR count). The summed E-state index contributed by atoms with van der Waals surface area (Å²) in [6, 6.07) is 3.72. The van der Waals surface area contributed by atoms with Gasteiger partial charge in [0.2, 0.25) is 5.96 Å². The highest BCUT2D eigenvalue weighted by atomic mass is 16.3. The SMILES string of the molecule is CN=C1NC(N(C)C)=NC(c2ccco2)N1. The number of furan rings is 1. The third-order valence-corrected chi connectivity index (χ3v) is 2.21. The van der Waals surface area contributed by atoms with Gasteiger partial charge < -0.3 is 14.6 Å². The Kier molecular flexibility index (Phi) is 2.80. The third-order valence-electron chi connectivity index (χ3n) is 2.21. The largest absolute Gasteiger partial charge is 0.465 e. The first-order valence-corrected chi connectivity index (χ1v) is 4.99. The maximum Gasteiger partial charge on any atom is 0.202 e. The number of nitrogens with zero attached hydrogens (tertiary/aromatic N) is 3. The van der Waals surface area contributed by atoms with Gasteiger partial charge in [-0.1, -0.05) is 0 Å². The van der Waals surface area contributed by atoms with Crippen LogP contribution in [0.4, 0.5) is 0 Å². The molecule has 1 unspecified atom stereocenters. The Morgan fingerprint density at radius 2 is 2.31 bits per heavy atom. The first-order chi connectivity index (χ1) is 7.70. The first kappa shape index (κ1) is 10.5. The number of aliphatic imine (C=N–C) groups is 2. The molecule has 2 N–H and O–H groups in total. The summed E-state index contributed by atoms with van der Waals surface area (Å²) in [5, 5.41) is 6.19. The summed E-state index contributed by atoms with van der Waals surface area (Å²) in [7, 11) is 5.56. The topological polar surface area (TPSA) is 65.2 Å². The quantitative estimate of drug-likeness (QED) is 0.719. The highest BCUT2D eigenvalue weighted by Gasteiger charge is 2.22. The molecule has 0 saturated heterocycles. The number of guanidine groups is 2. The Morgan fingerprint density at radius 1 is 1.50 bits per heavy atom. The van der Waals surface area contributed by atoms with E-state index in [0.717, 1.165) is 11.7 Å². The standard InChI is InChI=1S/C10H15N5O/c1-11-9-12-8(7-5-4-6-16-7)13-10(14-9)15(2)3/h4-6,8H,1-3H3,(H2,11,12,13,14). The number of hydrogen-bond donors (Lipinski definition) is 2. The van der Waals surface area contributed by atoms with Crippen molar-refractivity contribution in [3.8, 4) is 0 Å². The molecule has 0 bridgehead atoms. The highest BCUT2D eigenvalue weighted by molar-refractivity contribution is 6.00. The summed E-state index contributed by atoms with van der Waals surface area (Å²) in [5.74, 6) is 2.20. The van der Waals surface area contributed by atoms with Gasteiger partial charge in [0.1, 0.15) is 5.76 Å². The predicted octanol–water partition coefficient (Wildman–Crippen LogP) is 0.374. The number of nitrogens with one attached hydrogen (secondary N) is 2. The molecule has 0 radical (unpaired) electrons. The van der Waals surface area contributed by atoms with Crippen LogP contribution in [0, 0.1) is 0 Å².